The smallest absolute Gasteiger partial charge is 0.119 e. The van der Waals surface area contributed by atoms with Crippen molar-refractivity contribution >= 4 is 0 Å². The maximum atomic E-state index is 5.87. The number of nitrogens with one attached hydrogen (secondary N) is 1. The fraction of sp³-hybridized carbons (Fsp3) is 0.647. The summed E-state index contributed by atoms with van der Waals surface area (Å²) in [5.74, 6) is 0.965. The summed E-state index contributed by atoms with van der Waals surface area (Å²) in [7, 11) is 1.96. The first-order valence-corrected chi connectivity index (χ1v) is 8.02. The predicted octanol–water partition coefficient (Wildman–Crippen LogP) is 2.29. The fourth-order valence-corrected chi connectivity index (χ4v) is 2.78. The number of ether oxygens (including phenoxy) is 2. The van der Waals surface area contributed by atoms with E-state index in [2.05, 4.69) is 35.3 Å². The topological polar surface area (TPSA) is 33.7 Å². The molecule has 2 rings (SSSR count). The van der Waals surface area contributed by atoms with Crippen LogP contribution in [-0.4, -0.2) is 50.9 Å². The standard InChI is InChI=1S/C17H28N2O2/c1-3-20-16-7-9-19(10-8-16)11-12-21-17-6-4-5-15(13-17)14-18-2/h4-6,13,16,18H,3,7-12,14H2,1-2H3. The summed E-state index contributed by atoms with van der Waals surface area (Å²) < 4.78 is 11.5. The Morgan fingerprint density at radius 2 is 2.10 bits per heavy atom. The Kier molecular flexibility index (Phi) is 7.00. The van der Waals surface area contributed by atoms with Gasteiger partial charge in [-0.15, -0.1) is 0 Å². The second kappa shape index (κ2) is 9.03. The Hall–Kier alpha value is -1.10. The van der Waals surface area contributed by atoms with E-state index in [1.807, 2.05) is 13.1 Å². The van der Waals surface area contributed by atoms with Crippen LogP contribution in [0.2, 0.25) is 0 Å². The Labute approximate surface area is 128 Å². The Bertz CT molecular complexity index is 404. The number of nitrogens with zero attached hydrogens (tertiary/aromatic N) is 1. The molecular weight excluding hydrogens is 264 g/mol. The van der Waals surface area contributed by atoms with Crippen molar-refractivity contribution in [1.29, 1.82) is 0 Å². The Morgan fingerprint density at radius 3 is 2.81 bits per heavy atom. The molecule has 4 heteroatoms. The zero-order chi connectivity index (χ0) is 14.9. The van der Waals surface area contributed by atoms with Gasteiger partial charge in [-0.05, 0) is 44.5 Å². The first kappa shape index (κ1) is 16.3. The lowest BCUT2D eigenvalue weighted by Gasteiger charge is -2.31. The quantitative estimate of drug-likeness (QED) is 0.797. The zero-order valence-electron chi connectivity index (χ0n) is 13.3. The molecule has 0 radical (unpaired) electrons. The minimum atomic E-state index is 0.463. The summed E-state index contributed by atoms with van der Waals surface area (Å²) in [6.07, 6.45) is 2.75. The van der Waals surface area contributed by atoms with Crippen LogP contribution in [-0.2, 0) is 11.3 Å². The number of hydrogen-bond acceptors (Lipinski definition) is 4. The zero-order valence-corrected chi connectivity index (χ0v) is 13.3. The Balaban J connectivity index is 1.67. The molecule has 0 atom stereocenters. The Morgan fingerprint density at radius 1 is 1.29 bits per heavy atom. The summed E-state index contributed by atoms with van der Waals surface area (Å²) in [5, 5.41) is 3.16. The fourth-order valence-electron chi connectivity index (χ4n) is 2.78. The molecule has 1 aliphatic rings. The second-order valence-corrected chi connectivity index (χ2v) is 5.52. The molecule has 0 aromatic heterocycles. The van der Waals surface area contributed by atoms with E-state index in [1.165, 1.54) is 5.56 Å². The number of hydrogen-bond donors (Lipinski definition) is 1. The molecule has 1 fully saturated rings. The highest BCUT2D eigenvalue weighted by Crippen LogP contribution is 2.15. The van der Waals surface area contributed by atoms with Crippen LogP contribution in [0.3, 0.4) is 0 Å². The molecule has 21 heavy (non-hydrogen) atoms. The van der Waals surface area contributed by atoms with Crippen molar-refractivity contribution in [2.75, 3.05) is 39.9 Å². The molecule has 1 aromatic carbocycles. The maximum absolute atomic E-state index is 5.87. The van der Waals surface area contributed by atoms with Gasteiger partial charge in [0.05, 0.1) is 6.10 Å². The van der Waals surface area contributed by atoms with E-state index in [1.54, 1.807) is 0 Å². The van der Waals surface area contributed by atoms with Crippen LogP contribution < -0.4 is 10.1 Å². The van der Waals surface area contributed by atoms with Crippen LogP contribution in [0.15, 0.2) is 24.3 Å². The van der Waals surface area contributed by atoms with Gasteiger partial charge < -0.3 is 14.8 Å². The van der Waals surface area contributed by atoms with E-state index < -0.39 is 0 Å². The average Bonchev–Trinajstić information content (AvgIpc) is 2.50. The molecule has 0 bridgehead atoms. The van der Waals surface area contributed by atoms with Crippen LogP contribution in [0.25, 0.3) is 0 Å². The van der Waals surface area contributed by atoms with Crippen molar-refractivity contribution in [3.63, 3.8) is 0 Å². The van der Waals surface area contributed by atoms with Gasteiger partial charge >= 0.3 is 0 Å². The SMILES string of the molecule is CCOC1CCN(CCOc2cccc(CNC)c2)CC1. The summed E-state index contributed by atoms with van der Waals surface area (Å²) in [6.45, 7) is 7.76. The minimum Gasteiger partial charge on any atom is -0.492 e. The van der Waals surface area contributed by atoms with Gasteiger partial charge in [0.2, 0.25) is 0 Å². The molecule has 118 valence electrons. The second-order valence-electron chi connectivity index (χ2n) is 5.52. The van der Waals surface area contributed by atoms with Crippen molar-refractivity contribution < 1.29 is 9.47 Å². The highest BCUT2D eigenvalue weighted by molar-refractivity contribution is 5.28. The van der Waals surface area contributed by atoms with Gasteiger partial charge in [0.1, 0.15) is 12.4 Å². The van der Waals surface area contributed by atoms with E-state index in [9.17, 15) is 0 Å². The summed E-state index contributed by atoms with van der Waals surface area (Å²) in [5.41, 5.74) is 1.26. The summed E-state index contributed by atoms with van der Waals surface area (Å²) >= 11 is 0. The van der Waals surface area contributed by atoms with E-state index in [-0.39, 0.29) is 0 Å². The van der Waals surface area contributed by atoms with Gasteiger partial charge in [0.25, 0.3) is 0 Å². The van der Waals surface area contributed by atoms with Gasteiger partial charge in [-0.3, -0.25) is 4.90 Å². The third-order valence-electron chi connectivity index (χ3n) is 3.89. The van der Waals surface area contributed by atoms with E-state index >= 15 is 0 Å². The molecule has 0 saturated carbocycles. The molecule has 0 aliphatic carbocycles. The molecule has 1 heterocycles. The summed E-state index contributed by atoms with van der Waals surface area (Å²) in [6, 6.07) is 8.30. The lowest BCUT2D eigenvalue weighted by Crippen LogP contribution is -2.39. The first-order chi connectivity index (χ1) is 10.3. The van der Waals surface area contributed by atoms with Crippen LogP contribution in [0, 0.1) is 0 Å². The van der Waals surface area contributed by atoms with Crippen LogP contribution >= 0.6 is 0 Å². The largest absolute Gasteiger partial charge is 0.492 e. The highest BCUT2D eigenvalue weighted by Gasteiger charge is 2.18. The molecule has 0 unspecified atom stereocenters. The van der Waals surface area contributed by atoms with Gasteiger partial charge in [0, 0.05) is 32.8 Å². The van der Waals surface area contributed by atoms with Crippen LogP contribution in [0.4, 0.5) is 0 Å². The molecule has 1 aliphatic heterocycles. The first-order valence-electron chi connectivity index (χ1n) is 8.02. The molecule has 1 N–H and O–H groups in total. The lowest BCUT2D eigenvalue weighted by molar-refractivity contribution is 0.0119. The van der Waals surface area contributed by atoms with Gasteiger partial charge in [-0.25, -0.2) is 0 Å². The van der Waals surface area contributed by atoms with Gasteiger partial charge in [-0.1, -0.05) is 12.1 Å². The average molecular weight is 292 g/mol. The third kappa shape index (κ3) is 5.65. The third-order valence-corrected chi connectivity index (χ3v) is 3.89. The predicted molar refractivity (Wildman–Crippen MR) is 85.8 cm³/mol. The molecule has 0 spiro atoms. The van der Waals surface area contributed by atoms with Gasteiger partial charge in [0.15, 0.2) is 0 Å². The number of rotatable bonds is 8. The van der Waals surface area contributed by atoms with Crippen molar-refractivity contribution in [2.45, 2.75) is 32.4 Å². The molecule has 0 amide bonds. The number of benzene rings is 1. The minimum absolute atomic E-state index is 0.463. The van der Waals surface area contributed by atoms with E-state index in [0.717, 1.165) is 58.0 Å². The normalized spacial score (nSPS) is 17.0. The molecule has 1 aromatic rings. The molecule has 1 saturated heterocycles. The molecule has 4 nitrogen and oxygen atoms in total. The summed E-state index contributed by atoms with van der Waals surface area (Å²) in [4.78, 5) is 2.47. The molecular formula is C17H28N2O2. The van der Waals surface area contributed by atoms with Crippen molar-refractivity contribution in [2.24, 2.45) is 0 Å². The van der Waals surface area contributed by atoms with Crippen LogP contribution in [0.1, 0.15) is 25.3 Å². The monoisotopic (exact) mass is 292 g/mol. The van der Waals surface area contributed by atoms with Gasteiger partial charge in [-0.2, -0.15) is 0 Å². The maximum Gasteiger partial charge on any atom is 0.119 e. The van der Waals surface area contributed by atoms with Crippen LogP contribution in [0.5, 0.6) is 5.75 Å². The van der Waals surface area contributed by atoms with Crippen molar-refractivity contribution in [1.82, 2.24) is 10.2 Å². The van der Waals surface area contributed by atoms with E-state index in [0.29, 0.717) is 6.10 Å². The van der Waals surface area contributed by atoms with Crippen molar-refractivity contribution in [3.05, 3.63) is 29.8 Å². The number of likely N-dealkylation sites (tertiary alicyclic amines) is 1. The highest BCUT2D eigenvalue weighted by atomic mass is 16.5. The van der Waals surface area contributed by atoms with E-state index in [4.69, 9.17) is 9.47 Å². The van der Waals surface area contributed by atoms with Crippen molar-refractivity contribution in [3.8, 4) is 5.75 Å². The lowest BCUT2D eigenvalue weighted by atomic mass is 10.1. The number of piperidine rings is 1.